The number of nitriles is 1. The predicted molar refractivity (Wildman–Crippen MR) is 80.7 cm³/mol. The first-order chi connectivity index (χ1) is 10.1. The fourth-order valence-corrected chi connectivity index (χ4v) is 1.96. The zero-order valence-electron chi connectivity index (χ0n) is 12.0. The molecule has 4 heteroatoms. The summed E-state index contributed by atoms with van der Waals surface area (Å²) in [4.78, 5) is 0. The van der Waals surface area contributed by atoms with Crippen molar-refractivity contribution in [1.29, 1.82) is 5.26 Å². The lowest BCUT2D eigenvalue weighted by Crippen LogP contribution is -2.00. The fourth-order valence-electron chi connectivity index (χ4n) is 1.96. The highest BCUT2D eigenvalue weighted by Crippen LogP contribution is 2.18. The summed E-state index contributed by atoms with van der Waals surface area (Å²) < 4.78 is 5.76. The molecule has 2 aromatic rings. The maximum absolute atomic E-state index is 8.85. The summed E-state index contributed by atoms with van der Waals surface area (Å²) in [5.74, 6) is 0.708. The summed E-state index contributed by atoms with van der Waals surface area (Å²) in [7, 11) is 0. The maximum atomic E-state index is 8.85. The number of benzene rings is 2. The summed E-state index contributed by atoms with van der Waals surface area (Å²) in [6, 6.07) is 15.0. The van der Waals surface area contributed by atoms with Crippen molar-refractivity contribution in [2.24, 2.45) is 5.16 Å². The third-order valence-electron chi connectivity index (χ3n) is 3.27. The summed E-state index contributed by atoms with van der Waals surface area (Å²) >= 11 is 0. The SMILES string of the molecule is C/C(=N/O)c1cccc(OCc2ccc(C#N)cc2C)c1. The molecule has 0 aromatic heterocycles. The minimum absolute atomic E-state index is 0.427. The molecule has 2 aromatic carbocycles. The van der Waals surface area contributed by atoms with E-state index in [0.717, 1.165) is 16.7 Å². The van der Waals surface area contributed by atoms with E-state index in [0.29, 0.717) is 23.6 Å². The zero-order valence-corrected chi connectivity index (χ0v) is 12.0. The first-order valence-electron chi connectivity index (χ1n) is 6.55. The molecule has 4 nitrogen and oxygen atoms in total. The van der Waals surface area contributed by atoms with Gasteiger partial charge in [0.25, 0.3) is 0 Å². The number of hydrogen-bond donors (Lipinski definition) is 1. The predicted octanol–water partition coefficient (Wildman–Crippen LogP) is 3.64. The second kappa shape index (κ2) is 6.58. The maximum Gasteiger partial charge on any atom is 0.120 e. The Kier molecular flexibility index (Phi) is 4.57. The summed E-state index contributed by atoms with van der Waals surface area (Å²) in [6.07, 6.45) is 0. The van der Waals surface area contributed by atoms with Crippen LogP contribution in [0.2, 0.25) is 0 Å². The van der Waals surface area contributed by atoms with Gasteiger partial charge >= 0.3 is 0 Å². The van der Waals surface area contributed by atoms with E-state index in [2.05, 4.69) is 11.2 Å². The van der Waals surface area contributed by atoms with Crippen LogP contribution in [-0.2, 0) is 6.61 Å². The van der Waals surface area contributed by atoms with Crippen LogP contribution in [0, 0.1) is 18.3 Å². The van der Waals surface area contributed by atoms with Crippen molar-refractivity contribution in [3.63, 3.8) is 0 Å². The van der Waals surface area contributed by atoms with Crippen LogP contribution >= 0.6 is 0 Å². The van der Waals surface area contributed by atoms with Gasteiger partial charge in [-0.3, -0.25) is 0 Å². The average Bonchev–Trinajstić information content (AvgIpc) is 2.53. The Morgan fingerprint density at radius 1 is 1.29 bits per heavy atom. The molecule has 21 heavy (non-hydrogen) atoms. The largest absolute Gasteiger partial charge is 0.489 e. The molecule has 0 aliphatic heterocycles. The van der Waals surface area contributed by atoms with Gasteiger partial charge in [0.2, 0.25) is 0 Å². The van der Waals surface area contributed by atoms with Gasteiger partial charge in [-0.1, -0.05) is 23.4 Å². The van der Waals surface area contributed by atoms with Crippen molar-refractivity contribution in [2.45, 2.75) is 20.5 Å². The van der Waals surface area contributed by atoms with E-state index in [9.17, 15) is 0 Å². The van der Waals surface area contributed by atoms with E-state index in [4.69, 9.17) is 15.2 Å². The van der Waals surface area contributed by atoms with Crippen molar-refractivity contribution in [1.82, 2.24) is 0 Å². The van der Waals surface area contributed by atoms with Crippen molar-refractivity contribution < 1.29 is 9.94 Å². The van der Waals surface area contributed by atoms with Gasteiger partial charge in [0, 0.05) is 5.56 Å². The van der Waals surface area contributed by atoms with Crippen LogP contribution in [0.5, 0.6) is 5.75 Å². The molecule has 0 saturated carbocycles. The molecule has 0 fully saturated rings. The Labute approximate surface area is 123 Å². The number of oxime groups is 1. The molecule has 0 saturated heterocycles. The molecule has 2 rings (SSSR count). The van der Waals surface area contributed by atoms with Gasteiger partial charge in [0.05, 0.1) is 17.3 Å². The average molecular weight is 280 g/mol. The third-order valence-corrected chi connectivity index (χ3v) is 3.27. The number of aryl methyl sites for hydroxylation is 1. The molecular formula is C17H16N2O2. The highest BCUT2D eigenvalue weighted by atomic mass is 16.5. The molecule has 0 atom stereocenters. The van der Waals surface area contributed by atoms with Crippen molar-refractivity contribution >= 4 is 5.71 Å². The molecule has 0 aliphatic carbocycles. The highest BCUT2D eigenvalue weighted by molar-refractivity contribution is 5.98. The Hall–Kier alpha value is -2.80. The van der Waals surface area contributed by atoms with Gasteiger partial charge in [-0.25, -0.2) is 0 Å². The Morgan fingerprint density at radius 3 is 2.76 bits per heavy atom. The van der Waals surface area contributed by atoms with Crippen LogP contribution in [0.3, 0.4) is 0 Å². The van der Waals surface area contributed by atoms with Crippen LogP contribution < -0.4 is 4.74 Å². The third kappa shape index (κ3) is 3.61. The summed E-state index contributed by atoms with van der Waals surface area (Å²) in [5, 5.41) is 20.8. The van der Waals surface area contributed by atoms with E-state index in [1.807, 2.05) is 43.3 Å². The van der Waals surface area contributed by atoms with Gasteiger partial charge in [-0.2, -0.15) is 5.26 Å². The summed E-state index contributed by atoms with van der Waals surface area (Å²) in [5.41, 5.74) is 4.06. The van der Waals surface area contributed by atoms with Crippen LogP contribution in [0.4, 0.5) is 0 Å². The standard InChI is InChI=1S/C17H16N2O2/c1-12-8-14(10-18)6-7-16(12)11-21-17-5-3-4-15(9-17)13(2)19-20/h3-9,20H,11H2,1-2H3/b19-13-. The quantitative estimate of drug-likeness (QED) is 0.528. The minimum atomic E-state index is 0.427. The molecule has 0 unspecified atom stereocenters. The molecular weight excluding hydrogens is 264 g/mol. The van der Waals surface area contributed by atoms with Crippen LogP contribution in [0.1, 0.15) is 29.2 Å². The smallest absolute Gasteiger partial charge is 0.120 e. The number of rotatable bonds is 4. The molecule has 0 radical (unpaired) electrons. The number of ether oxygens (including phenoxy) is 1. The lowest BCUT2D eigenvalue weighted by Gasteiger charge is -2.10. The van der Waals surface area contributed by atoms with Gasteiger partial charge in [0.15, 0.2) is 0 Å². The van der Waals surface area contributed by atoms with Crippen LogP contribution in [0.15, 0.2) is 47.6 Å². The second-order valence-corrected chi connectivity index (χ2v) is 4.75. The molecule has 0 aliphatic rings. The monoisotopic (exact) mass is 280 g/mol. The lowest BCUT2D eigenvalue weighted by atomic mass is 10.1. The molecule has 0 spiro atoms. The van der Waals surface area contributed by atoms with Crippen LogP contribution in [0.25, 0.3) is 0 Å². The Morgan fingerprint density at radius 2 is 2.10 bits per heavy atom. The summed E-state index contributed by atoms with van der Waals surface area (Å²) in [6.45, 7) is 4.11. The van der Waals surface area contributed by atoms with E-state index in [-0.39, 0.29) is 0 Å². The highest BCUT2D eigenvalue weighted by Gasteiger charge is 2.03. The van der Waals surface area contributed by atoms with Crippen molar-refractivity contribution in [3.05, 3.63) is 64.7 Å². The molecule has 106 valence electrons. The van der Waals surface area contributed by atoms with Gasteiger partial charge in [-0.15, -0.1) is 0 Å². The topological polar surface area (TPSA) is 65.6 Å². The van der Waals surface area contributed by atoms with Crippen molar-refractivity contribution in [3.8, 4) is 11.8 Å². The molecule has 1 N–H and O–H groups in total. The molecule has 0 amide bonds. The van der Waals surface area contributed by atoms with E-state index < -0.39 is 0 Å². The first kappa shape index (κ1) is 14.6. The second-order valence-electron chi connectivity index (χ2n) is 4.75. The van der Waals surface area contributed by atoms with E-state index in [1.165, 1.54) is 0 Å². The number of hydrogen-bond acceptors (Lipinski definition) is 4. The minimum Gasteiger partial charge on any atom is -0.489 e. The Balaban J connectivity index is 2.12. The fraction of sp³-hybridized carbons (Fsp3) is 0.176. The van der Waals surface area contributed by atoms with Gasteiger partial charge in [-0.05, 0) is 49.2 Å². The van der Waals surface area contributed by atoms with Crippen molar-refractivity contribution in [2.75, 3.05) is 0 Å². The first-order valence-corrected chi connectivity index (χ1v) is 6.55. The zero-order chi connectivity index (χ0) is 15.2. The Bertz CT molecular complexity index is 715. The molecule has 0 heterocycles. The number of nitrogens with zero attached hydrogens (tertiary/aromatic N) is 2. The van der Waals surface area contributed by atoms with Gasteiger partial charge < -0.3 is 9.94 Å². The normalized spacial score (nSPS) is 11.0. The van der Waals surface area contributed by atoms with E-state index in [1.54, 1.807) is 13.0 Å². The van der Waals surface area contributed by atoms with Gasteiger partial charge in [0.1, 0.15) is 12.4 Å². The lowest BCUT2D eigenvalue weighted by molar-refractivity contribution is 0.305. The molecule has 0 bridgehead atoms. The van der Waals surface area contributed by atoms with Crippen LogP contribution in [-0.4, -0.2) is 10.9 Å². The van der Waals surface area contributed by atoms with E-state index >= 15 is 0 Å².